The van der Waals surface area contributed by atoms with Crippen molar-refractivity contribution in [2.24, 2.45) is 0 Å². The normalized spacial score (nSPS) is 13.7. The molecule has 0 aliphatic carbocycles. The Morgan fingerprint density at radius 2 is 1.21 bits per heavy atom. The summed E-state index contributed by atoms with van der Waals surface area (Å²) in [5.41, 5.74) is 12.0. The molecule has 0 bridgehead atoms. The highest BCUT2D eigenvalue weighted by Gasteiger charge is 2.30. The molecule has 0 N–H and O–H groups in total. The largest absolute Gasteiger partial charge is 0.457 e. The monoisotopic (exact) mass is 738 g/mol. The van der Waals surface area contributed by atoms with Gasteiger partial charge in [0.15, 0.2) is 5.58 Å². The number of aromatic nitrogens is 2. The summed E-state index contributed by atoms with van der Waals surface area (Å²) < 4.78 is 15.7. The minimum atomic E-state index is -0.107. The second-order valence-electron chi connectivity index (χ2n) is 18.3. The molecule has 0 saturated carbocycles. The van der Waals surface area contributed by atoms with E-state index in [1.54, 1.807) is 0 Å². The SMILES string of the molecule is CC(C)(C)c1ccc(N2CN(c3cc(Oc4ccc5c6oc7ccccc7c6n(-c6cc(C(C)(C)C)ccn6)c5c4)cc(C(C)(C)C)c3)c3ccccc32)cc1. The number of anilines is 4. The number of rotatable bonds is 5. The van der Waals surface area contributed by atoms with Crippen LogP contribution in [0.5, 0.6) is 11.5 Å². The van der Waals surface area contributed by atoms with Crippen LogP contribution < -0.4 is 14.5 Å². The lowest BCUT2D eigenvalue weighted by Crippen LogP contribution is -2.24. The Kier molecular flexibility index (Phi) is 8.14. The molecule has 9 rings (SSSR count). The summed E-state index contributed by atoms with van der Waals surface area (Å²) >= 11 is 0. The average molecular weight is 739 g/mol. The standard InChI is InChI=1S/C50H50N4O2/c1-48(2,3)32-18-20-35(21-19-32)52-31-53(42-16-12-11-15-41(42)52)36-26-34(50(7,8)9)27-38(29-36)55-37-22-23-39-43(30-37)54(45-28-33(24-25-51-45)49(4,5)6)46-40-14-10-13-17-44(40)56-47(39)46/h10-30H,31H2,1-9H3. The predicted molar refractivity (Wildman–Crippen MR) is 233 cm³/mol. The number of benzene rings is 5. The zero-order valence-corrected chi connectivity index (χ0v) is 33.9. The highest BCUT2D eigenvalue weighted by atomic mass is 16.5. The van der Waals surface area contributed by atoms with Crippen molar-refractivity contribution in [3.63, 3.8) is 0 Å². The molecule has 1 aliphatic heterocycles. The van der Waals surface area contributed by atoms with E-state index in [0.29, 0.717) is 6.67 Å². The molecule has 0 unspecified atom stereocenters. The summed E-state index contributed by atoms with van der Waals surface area (Å²) in [5, 5.41) is 2.07. The number of hydrogen-bond acceptors (Lipinski definition) is 5. The van der Waals surface area contributed by atoms with Gasteiger partial charge < -0.3 is 19.0 Å². The molecule has 282 valence electrons. The summed E-state index contributed by atoms with van der Waals surface area (Å²) in [7, 11) is 0. The second-order valence-corrected chi connectivity index (χ2v) is 18.3. The number of hydrogen-bond donors (Lipinski definition) is 0. The van der Waals surface area contributed by atoms with E-state index in [9.17, 15) is 0 Å². The molecular formula is C50H50N4O2. The fraction of sp³-hybridized carbons (Fsp3) is 0.260. The smallest absolute Gasteiger partial charge is 0.161 e. The van der Waals surface area contributed by atoms with Crippen molar-refractivity contribution in [1.82, 2.24) is 9.55 Å². The Hall–Kier alpha value is -6.01. The summed E-state index contributed by atoms with van der Waals surface area (Å²) in [5.74, 6) is 2.38. The van der Waals surface area contributed by atoms with E-state index in [2.05, 4.69) is 186 Å². The first-order chi connectivity index (χ1) is 26.6. The van der Waals surface area contributed by atoms with E-state index in [-0.39, 0.29) is 16.2 Å². The van der Waals surface area contributed by atoms with Crippen molar-refractivity contribution in [2.45, 2.75) is 78.6 Å². The van der Waals surface area contributed by atoms with Crippen molar-refractivity contribution in [3.05, 3.63) is 144 Å². The Labute approximate surface area is 330 Å². The van der Waals surface area contributed by atoms with Crippen molar-refractivity contribution >= 4 is 55.7 Å². The number of fused-ring (bicyclic) bond motifs is 6. The molecule has 1 aliphatic rings. The van der Waals surface area contributed by atoms with Gasteiger partial charge in [0.05, 0.1) is 16.9 Å². The molecule has 8 aromatic rings. The van der Waals surface area contributed by atoms with E-state index >= 15 is 0 Å². The van der Waals surface area contributed by atoms with Gasteiger partial charge in [-0.1, -0.05) is 98.7 Å². The molecule has 6 heteroatoms. The van der Waals surface area contributed by atoms with Gasteiger partial charge in [-0.2, -0.15) is 0 Å². The first-order valence-corrected chi connectivity index (χ1v) is 19.6. The quantitative estimate of drug-likeness (QED) is 0.176. The van der Waals surface area contributed by atoms with Crippen LogP contribution in [-0.4, -0.2) is 16.2 Å². The third kappa shape index (κ3) is 6.18. The van der Waals surface area contributed by atoms with Crippen molar-refractivity contribution < 1.29 is 9.15 Å². The van der Waals surface area contributed by atoms with Crippen molar-refractivity contribution in [2.75, 3.05) is 16.5 Å². The van der Waals surface area contributed by atoms with Gasteiger partial charge in [0.25, 0.3) is 0 Å². The lowest BCUT2D eigenvalue weighted by molar-refractivity contribution is 0.479. The van der Waals surface area contributed by atoms with Crippen LogP contribution in [0, 0.1) is 0 Å². The topological polar surface area (TPSA) is 46.7 Å². The molecular weight excluding hydrogens is 689 g/mol. The summed E-state index contributed by atoms with van der Waals surface area (Å²) in [6.45, 7) is 20.9. The fourth-order valence-corrected chi connectivity index (χ4v) is 7.92. The maximum atomic E-state index is 6.89. The van der Waals surface area contributed by atoms with Crippen molar-refractivity contribution in [3.8, 4) is 17.3 Å². The van der Waals surface area contributed by atoms with Crippen LogP contribution in [0.15, 0.2) is 132 Å². The van der Waals surface area contributed by atoms with E-state index in [1.807, 2.05) is 18.3 Å². The lowest BCUT2D eigenvalue weighted by atomic mass is 9.86. The minimum absolute atomic E-state index is 0.0357. The van der Waals surface area contributed by atoms with Gasteiger partial charge in [-0.05, 0) is 106 Å². The Morgan fingerprint density at radius 1 is 0.554 bits per heavy atom. The summed E-state index contributed by atoms with van der Waals surface area (Å²) in [6.07, 6.45) is 1.91. The number of nitrogens with zero attached hydrogens (tertiary/aromatic N) is 4. The van der Waals surface area contributed by atoms with E-state index < -0.39 is 0 Å². The van der Waals surface area contributed by atoms with Gasteiger partial charge in [-0.25, -0.2) is 4.98 Å². The highest BCUT2D eigenvalue weighted by molar-refractivity contribution is 6.16. The van der Waals surface area contributed by atoms with Crippen LogP contribution in [0.4, 0.5) is 22.7 Å². The molecule has 0 saturated heterocycles. The Balaban J connectivity index is 1.14. The third-order valence-corrected chi connectivity index (χ3v) is 11.2. The second kappa shape index (κ2) is 12.8. The maximum absolute atomic E-state index is 6.89. The number of furan rings is 1. The van der Waals surface area contributed by atoms with Crippen LogP contribution in [0.25, 0.3) is 38.8 Å². The fourth-order valence-electron chi connectivity index (χ4n) is 7.92. The lowest BCUT2D eigenvalue weighted by Gasteiger charge is -2.26. The molecule has 3 aromatic heterocycles. The van der Waals surface area contributed by atoms with Gasteiger partial charge in [0, 0.05) is 40.5 Å². The van der Waals surface area contributed by atoms with E-state index in [4.69, 9.17) is 14.1 Å². The van der Waals surface area contributed by atoms with E-state index in [0.717, 1.165) is 56.0 Å². The van der Waals surface area contributed by atoms with Crippen molar-refractivity contribution in [1.29, 1.82) is 0 Å². The van der Waals surface area contributed by atoms with Crippen LogP contribution in [-0.2, 0) is 16.2 Å². The molecule has 5 aromatic carbocycles. The van der Waals surface area contributed by atoms with Crippen LogP contribution >= 0.6 is 0 Å². The first kappa shape index (κ1) is 35.7. The molecule has 4 heterocycles. The first-order valence-electron chi connectivity index (χ1n) is 19.6. The van der Waals surface area contributed by atoms with Crippen LogP contribution in [0.1, 0.15) is 79.0 Å². The summed E-state index contributed by atoms with van der Waals surface area (Å²) in [4.78, 5) is 9.72. The average Bonchev–Trinajstić information content (AvgIpc) is 3.83. The Bertz CT molecular complexity index is 2770. The predicted octanol–water partition coefficient (Wildman–Crippen LogP) is 13.9. The van der Waals surface area contributed by atoms with Gasteiger partial charge in [0.1, 0.15) is 35.1 Å². The molecule has 0 fully saturated rings. The minimum Gasteiger partial charge on any atom is -0.457 e. The van der Waals surface area contributed by atoms with Gasteiger partial charge >= 0.3 is 0 Å². The number of para-hydroxylation sites is 3. The Morgan fingerprint density at radius 3 is 1.91 bits per heavy atom. The molecule has 0 amide bonds. The zero-order valence-electron chi connectivity index (χ0n) is 33.9. The highest BCUT2D eigenvalue weighted by Crippen LogP contribution is 2.47. The third-order valence-electron chi connectivity index (χ3n) is 11.2. The zero-order chi connectivity index (χ0) is 39.1. The van der Waals surface area contributed by atoms with Gasteiger partial charge in [0.2, 0.25) is 0 Å². The molecule has 0 atom stereocenters. The maximum Gasteiger partial charge on any atom is 0.161 e. The molecule has 0 radical (unpaired) electrons. The number of pyridine rings is 1. The van der Waals surface area contributed by atoms with Gasteiger partial charge in [-0.3, -0.25) is 4.57 Å². The number of ether oxygens (including phenoxy) is 1. The molecule has 56 heavy (non-hydrogen) atoms. The van der Waals surface area contributed by atoms with E-state index in [1.165, 1.54) is 33.8 Å². The molecule has 6 nitrogen and oxygen atoms in total. The van der Waals surface area contributed by atoms with Crippen LogP contribution in [0.2, 0.25) is 0 Å². The molecule has 0 spiro atoms. The van der Waals surface area contributed by atoms with Crippen LogP contribution in [0.3, 0.4) is 0 Å². The van der Waals surface area contributed by atoms with Gasteiger partial charge in [-0.15, -0.1) is 0 Å². The summed E-state index contributed by atoms with van der Waals surface area (Å²) in [6, 6.07) is 43.2.